The normalized spacial score (nSPS) is 19.2. The molecule has 1 saturated heterocycles. The summed E-state index contributed by atoms with van der Waals surface area (Å²) < 4.78 is 14.2. The van der Waals surface area contributed by atoms with Crippen molar-refractivity contribution >= 4 is 0 Å². The lowest BCUT2D eigenvalue weighted by Crippen LogP contribution is -2.52. The van der Waals surface area contributed by atoms with Gasteiger partial charge in [-0.05, 0) is 36.1 Å². The maximum Gasteiger partial charge on any atom is 0.163 e. The van der Waals surface area contributed by atoms with Crippen LogP contribution in [0.5, 0.6) is 0 Å². The zero-order chi connectivity index (χ0) is 26.1. The van der Waals surface area contributed by atoms with Gasteiger partial charge in [-0.25, -0.2) is 0 Å². The third-order valence-electron chi connectivity index (χ3n) is 8.15. The minimum atomic E-state index is -0.446. The van der Waals surface area contributed by atoms with Crippen LogP contribution in [-0.2, 0) is 20.3 Å². The maximum absolute atomic E-state index is 7.08. The van der Waals surface area contributed by atoms with Crippen molar-refractivity contribution in [2.24, 2.45) is 5.41 Å². The number of benzene rings is 4. The Morgan fingerprint density at radius 1 is 0.405 bits per heavy atom. The molecule has 37 heavy (non-hydrogen) atoms. The lowest BCUT2D eigenvalue weighted by molar-refractivity contribution is -0.138. The molecular formula is C35H38O2. The van der Waals surface area contributed by atoms with Crippen molar-refractivity contribution in [2.45, 2.75) is 63.9 Å². The van der Waals surface area contributed by atoms with E-state index in [-0.39, 0.29) is 23.9 Å². The summed E-state index contributed by atoms with van der Waals surface area (Å²) in [6.45, 7) is 11.2. The molecule has 4 aromatic carbocycles. The average Bonchev–Trinajstić information content (AvgIpc) is 3.42. The highest BCUT2D eigenvalue weighted by Crippen LogP contribution is 2.51. The second-order valence-corrected chi connectivity index (χ2v) is 11.7. The topological polar surface area (TPSA) is 18.5 Å². The van der Waals surface area contributed by atoms with Gasteiger partial charge in [-0.1, -0.05) is 142 Å². The van der Waals surface area contributed by atoms with Gasteiger partial charge < -0.3 is 9.47 Å². The van der Waals surface area contributed by atoms with Crippen molar-refractivity contribution in [3.05, 3.63) is 144 Å². The quantitative estimate of drug-likeness (QED) is 0.271. The summed E-state index contributed by atoms with van der Waals surface area (Å²) in [6.07, 6.45) is -0.833. The van der Waals surface area contributed by atoms with Crippen LogP contribution >= 0.6 is 0 Å². The molecule has 0 saturated carbocycles. The Morgan fingerprint density at radius 3 is 0.865 bits per heavy atom. The van der Waals surface area contributed by atoms with Gasteiger partial charge in [0.05, 0.1) is 0 Å². The van der Waals surface area contributed by atoms with Crippen LogP contribution in [-0.4, -0.2) is 18.5 Å². The molecular weight excluding hydrogens is 452 g/mol. The molecule has 2 atom stereocenters. The van der Waals surface area contributed by atoms with Crippen LogP contribution in [0.25, 0.3) is 0 Å². The number of rotatable bonds is 6. The second-order valence-electron chi connectivity index (χ2n) is 11.7. The fourth-order valence-electron chi connectivity index (χ4n) is 5.85. The van der Waals surface area contributed by atoms with E-state index in [1.807, 2.05) is 0 Å². The van der Waals surface area contributed by atoms with E-state index in [1.54, 1.807) is 0 Å². The van der Waals surface area contributed by atoms with Gasteiger partial charge in [0.2, 0.25) is 0 Å². The van der Waals surface area contributed by atoms with Gasteiger partial charge in [0.1, 0.15) is 12.2 Å². The molecule has 1 aliphatic rings. The molecule has 0 unspecified atom stereocenters. The first-order valence-electron chi connectivity index (χ1n) is 13.3. The van der Waals surface area contributed by atoms with E-state index in [0.717, 1.165) is 0 Å². The van der Waals surface area contributed by atoms with Crippen LogP contribution in [0.3, 0.4) is 0 Å². The van der Waals surface area contributed by atoms with Crippen LogP contribution in [0.4, 0.5) is 0 Å². The summed E-state index contributed by atoms with van der Waals surface area (Å²) in [7, 11) is 0. The highest BCUT2D eigenvalue weighted by Gasteiger charge is 2.58. The van der Waals surface area contributed by atoms with Crippen molar-refractivity contribution in [3.8, 4) is 0 Å². The van der Waals surface area contributed by atoms with Gasteiger partial charge in [0, 0.05) is 16.2 Å². The molecule has 2 heteroatoms. The summed E-state index contributed by atoms with van der Waals surface area (Å²) in [5.74, 6) is 0. The predicted octanol–water partition coefficient (Wildman–Crippen LogP) is 8.16. The highest BCUT2D eigenvalue weighted by atomic mass is 16.7. The first kappa shape index (κ1) is 25.4. The molecule has 0 N–H and O–H groups in total. The second kappa shape index (κ2) is 9.93. The van der Waals surface area contributed by atoms with Crippen molar-refractivity contribution in [1.29, 1.82) is 0 Å². The fraction of sp³-hybridized carbons (Fsp3) is 0.314. The average molecular weight is 491 g/mol. The lowest BCUT2D eigenvalue weighted by atomic mass is 9.62. The maximum atomic E-state index is 7.08. The summed E-state index contributed by atoms with van der Waals surface area (Å²) in [6, 6.07) is 43.1. The molecule has 5 rings (SSSR count). The summed E-state index contributed by atoms with van der Waals surface area (Å²) in [5.41, 5.74) is 3.80. The number of ether oxygens (including phenoxy) is 2. The first-order valence-corrected chi connectivity index (χ1v) is 13.3. The summed E-state index contributed by atoms with van der Waals surface area (Å²) in [5, 5.41) is 0. The van der Waals surface area contributed by atoms with Crippen LogP contribution in [0.15, 0.2) is 121 Å². The summed E-state index contributed by atoms with van der Waals surface area (Å²) >= 11 is 0. The first-order chi connectivity index (χ1) is 17.8. The van der Waals surface area contributed by atoms with Gasteiger partial charge in [0.15, 0.2) is 6.29 Å². The van der Waals surface area contributed by atoms with Crippen molar-refractivity contribution in [3.63, 3.8) is 0 Å². The van der Waals surface area contributed by atoms with E-state index >= 15 is 0 Å². The van der Waals surface area contributed by atoms with Crippen molar-refractivity contribution in [1.82, 2.24) is 0 Å². The van der Waals surface area contributed by atoms with E-state index in [9.17, 15) is 0 Å². The van der Waals surface area contributed by atoms with Gasteiger partial charge in [0.25, 0.3) is 0 Å². The summed E-state index contributed by atoms with van der Waals surface area (Å²) in [4.78, 5) is 0. The Balaban J connectivity index is 1.77. The Kier molecular flexibility index (Phi) is 6.83. The van der Waals surface area contributed by atoms with Gasteiger partial charge >= 0.3 is 0 Å². The van der Waals surface area contributed by atoms with Crippen LogP contribution in [0.2, 0.25) is 0 Å². The fourth-order valence-corrected chi connectivity index (χ4v) is 5.85. The van der Waals surface area contributed by atoms with Gasteiger partial charge in [-0.15, -0.1) is 0 Å². The molecule has 0 aliphatic carbocycles. The highest BCUT2D eigenvalue weighted by molar-refractivity contribution is 5.46. The SMILES string of the molecule is CC(C)(C)C1O[C@@H](C(C)(c2ccccc2)c2ccccc2)[C@H](C(C)(c2ccccc2)c2ccccc2)O1. The molecule has 190 valence electrons. The predicted molar refractivity (Wildman–Crippen MR) is 152 cm³/mol. The third kappa shape index (κ3) is 4.54. The molecule has 0 amide bonds. The van der Waals surface area contributed by atoms with Gasteiger partial charge in [-0.3, -0.25) is 0 Å². The Bertz CT molecular complexity index is 1100. The Hall–Kier alpha value is -3.20. The standard InChI is InChI=1S/C35H38O2/c1-33(2,3)32-36-30(34(4,26-18-10-6-11-19-26)27-20-12-7-13-21-27)31(37-32)35(5,28-22-14-8-15-23-28)29-24-16-9-17-25-29/h6-25,30-32H,1-5H3/t30-,31-/m1/s1. The van der Waals surface area contributed by atoms with E-state index in [0.29, 0.717) is 0 Å². The molecule has 1 aliphatic heterocycles. The molecule has 0 aromatic heterocycles. The lowest BCUT2D eigenvalue weighted by Gasteiger charge is -2.44. The van der Waals surface area contributed by atoms with E-state index in [4.69, 9.17) is 9.47 Å². The number of hydrogen-bond acceptors (Lipinski definition) is 2. The molecule has 0 bridgehead atoms. The number of hydrogen-bond donors (Lipinski definition) is 0. The van der Waals surface area contributed by atoms with E-state index in [2.05, 4.69) is 156 Å². The van der Waals surface area contributed by atoms with Crippen molar-refractivity contribution < 1.29 is 9.47 Å². The van der Waals surface area contributed by atoms with Gasteiger partial charge in [-0.2, -0.15) is 0 Å². The molecule has 2 nitrogen and oxygen atoms in total. The smallest absolute Gasteiger partial charge is 0.163 e. The van der Waals surface area contributed by atoms with E-state index in [1.165, 1.54) is 22.3 Å². The molecule has 1 heterocycles. The monoisotopic (exact) mass is 490 g/mol. The molecule has 0 spiro atoms. The van der Waals surface area contributed by atoms with Crippen LogP contribution in [0, 0.1) is 5.41 Å². The molecule has 0 radical (unpaired) electrons. The minimum Gasteiger partial charge on any atom is -0.345 e. The van der Waals surface area contributed by atoms with Crippen LogP contribution in [0.1, 0.15) is 56.9 Å². The minimum absolute atomic E-state index is 0.185. The zero-order valence-electron chi connectivity index (χ0n) is 22.6. The van der Waals surface area contributed by atoms with Crippen molar-refractivity contribution in [2.75, 3.05) is 0 Å². The Labute approximate surface area is 222 Å². The van der Waals surface area contributed by atoms with E-state index < -0.39 is 10.8 Å². The Morgan fingerprint density at radius 2 is 0.649 bits per heavy atom. The largest absolute Gasteiger partial charge is 0.345 e. The third-order valence-corrected chi connectivity index (χ3v) is 8.15. The molecule has 1 fully saturated rings. The zero-order valence-corrected chi connectivity index (χ0v) is 22.6. The molecule has 4 aromatic rings. The van der Waals surface area contributed by atoms with Crippen LogP contribution < -0.4 is 0 Å².